The van der Waals surface area contributed by atoms with Crippen LogP contribution in [-0.4, -0.2) is 39.7 Å². The molecule has 0 radical (unpaired) electrons. The van der Waals surface area contributed by atoms with Gasteiger partial charge in [-0.05, 0) is 46.2 Å². The highest BCUT2D eigenvalue weighted by Gasteiger charge is 2.45. The van der Waals surface area contributed by atoms with Crippen molar-refractivity contribution in [1.82, 2.24) is 10.2 Å². The number of hydrogen-bond acceptors (Lipinski definition) is 6. The van der Waals surface area contributed by atoms with Crippen LogP contribution in [0, 0.1) is 0 Å². The molecular weight excluding hydrogens is 438 g/mol. The summed E-state index contributed by atoms with van der Waals surface area (Å²) in [6.45, 7) is 1.67. The Balaban J connectivity index is 1.66. The number of benzene rings is 2. The molecule has 0 aliphatic carbocycles. The van der Waals surface area contributed by atoms with Gasteiger partial charge in [0.2, 0.25) is 0 Å². The standard InChI is InChI=1S/C25H23N3O4S/c1-14(25(30)31)21-20-22(27-26-21)24(29)28(23(20)18-5-3-4-6-19(18)32-2)17-9-7-15(8-10-17)16-11-12-33-13-16/h3-14,23,25,30-31H,1-2H3,(H,26,27). The van der Waals surface area contributed by atoms with Crippen LogP contribution >= 0.6 is 11.3 Å². The van der Waals surface area contributed by atoms with Gasteiger partial charge in [-0.3, -0.25) is 14.8 Å². The van der Waals surface area contributed by atoms with Crippen molar-refractivity contribution in [2.75, 3.05) is 12.0 Å². The maximum absolute atomic E-state index is 13.6. The molecule has 168 valence electrons. The minimum atomic E-state index is -1.61. The number of amides is 1. The van der Waals surface area contributed by atoms with Gasteiger partial charge in [-0.2, -0.15) is 16.4 Å². The molecule has 3 heterocycles. The van der Waals surface area contributed by atoms with Crippen molar-refractivity contribution in [3.8, 4) is 16.9 Å². The Bertz CT molecular complexity index is 1280. The van der Waals surface area contributed by atoms with Crippen LogP contribution in [-0.2, 0) is 0 Å². The van der Waals surface area contributed by atoms with Crippen molar-refractivity contribution in [3.05, 3.63) is 87.9 Å². The van der Waals surface area contributed by atoms with Crippen LogP contribution in [0.3, 0.4) is 0 Å². The van der Waals surface area contributed by atoms with Crippen molar-refractivity contribution in [1.29, 1.82) is 0 Å². The summed E-state index contributed by atoms with van der Waals surface area (Å²) in [5.41, 5.74) is 5.13. The van der Waals surface area contributed by atoms with Gasteiger partial charge < -0.3 is 14.9 Å². The first-order chi connectivity index (χ1) is 16.0. The summed E-state index contributed by atoms with van der Waals surface area (Å²) in [7, 11) is 1.59. The molecule has 0 fully saturated rings. The Hall–Kier alpha value is -3.46. The number of rotatable bonds is 6. The first-order valence-electron chi connectivity index (χ1n) is 10.5. The fourth-order valence-corrected chi connectivity index (χ4v) is 5.02. The maximum atomic E-state index is 13.6. The van der Waals surface area contributed by atoms with Gasteiger partial charge in [0.05, 0.1) is 24.8 Å². The number of carbonyl (C=O) groups is 1. The molecule has 33 heavy (non-hydrogen) atoms. The lowest BCUT2D eigenvalue weighted by atomic mass is 9.93. The average molecular weight is 462 g/mol. The molecule has 0 bridgehead atoms. The Labute approximate surface area is 194 Å². The van der Waals surface area contributed by atoms with Crippen molar-refractivity contribution in [2.24, 2.45) is 0 Å². The number of methoxy groups -OCH3 is 1. The lowest BCUT2D eigenvalue weighted by Gasteiger charge is -2.28. The van der Waals surface area contributed by atoms with E-state index in [1.54, 1.807) is 30.3 Å². The molecule has 3 N–H and O–H groups in total. The number of aromatic amines is 1. The molecule has 4 aromatic rings. The zero-order valence-electron chi connectivity index (χ0n) is 18.1. The van der Waals surface area contributed by atoms with Crippen LogP contribution in [0.2, 0.25) is 0 Å². The normalized spacial score (nSPS) is 16.3. The van der Waals surface area contributed by atoms with Crippen molar-refractivity contribution >= 4 is 22.9 Å². The van der Waals surface area contributed by atoms with Gasteiger partial charge >= 0.3 is 0 Å². The number of H-pyrrole nitrogens is 1. The lowest BCUT2D eigenvalue weighted by Crippen LogP contribution is -2.30. The van der Waals surface area contributed by atoms with Gasteiger partial charge in [0, 0.05) is 16.8 Å². The van der Waals surface area contributed by atoms with Crippen LogP contribution in [0.15, 0.2) is 65.4 Å². The highest BCUT2D eigenvalue weighted by molar-refractivity contribution is 7.08. The number of aliphatic hydroxyl groups is 2. The SMILES string of the molecule is COc1ccccc1C1c2c(C(C)C(O)O)n[nH]c2C(=O)N1c1ccc(-c2ccsc2)cc1. The number of aromatic nitrogens is 2. The average Bonchev–Trinajstić information content (AvgIpc) is 3.57. The lowest BCUT2D eigenvalue weighted by molar-refractivity contribution is -0.0571. The molecule has 2 unspecified atom stereocenters. The minimum absolute atomic E-state index is 0.234. The first-order valence-corrected chi connectivity index (χ1v) is 11.5. The first kappa shape index (κ1) is 21.4. The minimum Gasteiger partial charge on any atom is -0.496 e. The Kier molecular flexibility index (Phi) is 5.49. The van der Waals surface area contributed by atoms with Gasteiger partial charge in [-0.15, -0.1) is 0 Å². The number of aliphatic hydroxyl groups excluding tert-OH is 1. The van der Waals surface area contributed by atoms with Gasteiger partial charge in [0.25, 0.3) is 5.91 Å². The van der Waals surface area contributed by atoms with Gasteiger partial charge in [0.15, 0.2) is 6.29 Å². The number of carbonyl (C=O) groups excluding carboxylic acids is 1. The predicted octanol–water partition coefficient (Wildman–Crippen LogP) is 4.31. The van der Waals surface area contributed by atoms with Crippen molar-refractivity contribution in [3.63, 3.8) is 0 Å². The van der Waals surface area contributed by atoms with Crippen LogP contribution in [0.4, 0.5) is 5.69 Å². The van der Waals surface area contributed by atoms with Crippen molar-refractivity contribution in [2.45, 2.75) is 25.2 Å². The molecule has 8 heteroatoms. The third kappa shape index (κ3) is 3.52. The molecule has 2 aromatic heterocycles. The molecule has 1 aliphatic heterocycles. The van der Waals surface area contributed by atoms with Crippen LogP contribution < -0.4 is 9.64 Å². The molecular formula is C25H23N3O4S. The van der Waals surface area contributed by atoms with E-state index in [0.717, 1.165) is 22.4 Å². The van der Waals surface area contributed by atoms with Crippen molar-refractivity contribution < 1.29 is 19.7 Å². The third-order valence-electron chi connectivity index (χ3n) is 6.11. The highest BCUT2D eigenvalue weighted by atomic mass is 32.1. The fourth-order valence-electron chi connectivity index (χ4n) is 4.36. The molecule has 0 saturated heterocycles. The van der Waals surface area contributed by atoms with E-state index in [9.17, 15) is 15.0 Å². The summed E-state index contributed by atoms with van der Waals surface area (Å²) < 4.78 is 5.62. The number of para-hydroxylation sites is 1. The van der Waals surface area contributed by atoms with E-state index in [1.165, 1.54) is 0 Å². The third-order valence-corrected chi connectivity index (χ3v) is 6.79. The van der Waals surface area contributed by atoms with E-state index in [0.29, 0.717) is 22.7 Å². The summed E-state index contributed by atoms with van der Waals surface area (Å²) in [6.07, 6.45) is -1.61. The van der Waals surface area contributed by atoms with E-state index in [4.69, 9.17) is 4.74 Å². The molecule has 2 atom stereocenters. The number of nitrogens with zero attached hydrogens (tertiary/aromatic N) is 2. The predicted molar refractivity (Wildman–Crippen MR) is 127 cm³/mol. The monoisotopic (exact) mass is 461 g/mol. The molecule has 7 nitrogen and oxygen atoms in total. The Morgan fingerprint density at radius 2 is 1.85 bits per heavy atom. The summed E-state index contributed by atoms with van der Waals surface area (Å²) in [4.78, 5) is 15.3. The number of hydrogen-bond donors (Lipinski definition) is 3. The fraction of sp³-hybridized carbons (Fsp3) is 0.200. The second kappa shape index (κ2) is 8.47. The zero-order chi connectivity index (χ0) is 23.1. The number of nitrogens with one attached hydrogen (secondary N) is 1. The number of thiophene rings is 1. The summed E-state index contributed by atoms with van der Waals surface area (Å²) in [6, 6.07) is 16.9. The summed E-state index contributed by atoms with van der Waals surface area (Å²) in [5.74, 6) is -0.286. The molecule has 0 spiro atoms. The van der Waals surface area contributed by atoms with E-state index >= 15 is 0 Å². The molecule has 5 rings (SSSR count). The number of ether oxygens (including phenoxy) is 1. The number of anilines is 1. The number of fused-ring (bicyclic) bond motifs is 1. The largest absolute Gasteiger partial charge is 0.496 e. The van der Waals surface area contributed by atoms with Gasteiger partial charge in [0.1, 0.15) is 11.4 Å². The summed E-state index contributed by atoms with van der Waals surface area (Å²) in [5, 5.41) is 30.9. The van der Waals surface area contributed by atoms with Crippen LogP contribution in [0.25, 0.3) is 11.1 Å². The second-order valence-electron chi connectivity index (χ2n) is 7.98. The summed E-state index contributed by atoms with van der Waals surface area (Å²) >= 11 is 1.64. The van der Waals surface area contributed by atoms with Gasteiger partial charge in [-0.1, -0.05) is 37.3 Å². The molecule has 0 saturated carbocycles. The quantitative estimate of drug-likeness (QED) is 0.372. The van der Waals surface area contributed by atoms with Gasteiger partial charge in [-0.25, -0.2) is 0 Å². The van der Waals surface area contributed by atoms with E-state index in [2.05, 4.69) is 21.6 Å². The molecule has 1 aliphatic rings. The Morgan fingerprint density at radius 1 is 1.09 bits per heavy atom. The molecule has 1 amide bonds. The zero-order valence-corrected chi connectivity index (χ0v) is 18.9. The topological polar surface area (TPSA) is 98.7 Å². The van der Waals surface area contributed by atoms with E-state index < -0.39 is 18.2 Å². The highest BCUT2D eigenvalue weighted by Crippen LogP contribution is 2.46. The second-order valence-corrected chi connectivity index (χ2v) is 8.76. The Morgan fingerprint density at radius 3 is 2.52 bits per heavy atom. The van der Waals surface area contributed by atoms with Crippen LogP contribution in [0.1, 0.15) is 46.2 Å². The molecule has 2 aromatic carbocycles. The smallest absolute Gasteiger partial charge is 0.277 e. The van der Waals surface area contributed by atoms with E-state index in [1.807, 2.05) is 53.9 Å². The van der Waals surface area contributed by atoms with E-state index in [-0.39, 0.29) is 5.91 Å². The van der Waals surface area contributed by atoms with Crippen LogP contribution in [0.5, 0.6) is 5.75 Å². The maximum Gasteiger partial charge on any atom is 0.277 e.